The number of carboxylic acid groups (broad SMARTS) is 1. The van der Waals surface area contributed by atoms with Gasteiger partial charge >= 0.3 is 5.97 Å². The van der Waals surface area contributed by atoms with Crippen molar-refractivity contribution in [3.05, 3.63) is 35.9 Å². The molecule has 2 N–H and O–H groups in total. The van der Waals surface area contributed by atoms with E-state index in [1.807, 2.05) is 0 Å². The number of aliphatic carboxylic acids is 1. The third kappa shape index (κ3) is 2.16. The number of hydrogen-bond donors (Lipinski definition) is 2. The largest absolute Gasteiger partial charge is 0.479 e. The van der Waals surface area contributed by atoms with Gasteiger partial charge in [-0.25, -0.2) is 4.79 Å². The number of benzene rings is 1. The molecule has 1 aromatic rings. The molecule has 1 atom stereocenters. The molecule has 1 unspecified atom stereocenters. The molecule has 0 aromatic heterocycles. The molecule has 0 aliphatic heterocycles. The van der Waals surface area contributed by atoms with Gasteiger partial charge in [-0.15, -0.1) is 11.6 Å². The summed E-state index contributed by atoms with van der Waals surface area (Å²) in [6.07, 6.45) is 0. The molecule has 0 saturated heterocycles. The van der Waals surface area contributed by atoms with Gasteiger partial charge in [0, 0.05) is 5.56 Å². The Balaban J connectivity index is 3.08. The Morgan fingerprint density at radius 3 is 2.20 bits per heavy atom. The summed E-state index contributed by atoms with van der Waals surface area (Å²) in [4.78, 5) is 22.3. The molecule has 0 aliphatic carbocycles. The minimum atomic E-state index is -2.55. The van der Waals surface area contributed by atoms with Crippen LogP contribution >= 0.6 is 11.6 Å². The number of Topliss-reactive ketones (excluding diaryl/α,β-unsaturated/α-hetero) is 1. The molecular weight excluding hydrogens is 220 g/mol. The van der Waals surface area contributed by atoms with Crippen LogP contribution in [0.25, 0.3) is 0 Å². The lowest BCUT2D eigenvalue weighted by Crippen LogP contribution is -2.48. The van der Waals surface area contributed by atoms with Gasteiger partial charge in [-0.3, -0.25) is 4.79 Å². The van der Waals surface area contributed by atoms with E-state index in [2.05, 4.69) is 0 Å². The third-order valence-corrected chi connectivity index (χ3v) is 2.35. The summed E-state index contributed by atoms with van der Waals surface area (Å²) in [5.74, 6) is -3.24. The highest BCUT2D eigenvalue weighted by Gasteiger charge is 2.43. The van der Waals surface area contributed by atoms with Gasteiger partial charge in [0.25, 0.3) is 0 Å². The van der Waals surface area contributed by atoms with E-state index in [4.69, 9.17) is 16.7 Å². The Kier molecular flexibility index (Phi) is 3.44. The van der Waals surface area contributed by atoms with E-state index < -0.39 is 23.2 Å². The van der Waals surface area contributed by atoms with Crippen molar-refractivity contribution in [2.45, 2.75) is 5.60 Å². The summed E-state index contributed by atoms with van der Waals surface area (Å²) < 4.78 is 0. The Labute approximate surface area is 91.1 Å². The zero-order valence-corrected chi connectivity index (χ0v) is 8.44. The fourth-order valence-corrected chi connectivity index (χ4v) is 1.28. The first-order valence-corrected chi connectivity index (χ1v) is 4.67. The van der Waals surface area contributed by atoms with Gasteiger partial charge in [0.05, 0.1) is 5.88 Å². The molecule has 0 spiro atoms. The number of rotatable bonds is 4. The van der Waals surface area contributed by atoms with Crippen molar-refractivity contribution in [2.24, 2.45) is 0 Å². The minimum absolute atomic E-state index is 0.114. The van der Waals surface area contributed by atoms with Crippen molar-refractivity contribution < 1.29 is 19.8 Å². The molecule has 0 saturated carbocycles. The fraction of sp³-hybridized carbons (Fsp3) is 0.200. The molecule has 0 bridgehead atoms. The molecule has 4 nitrogen and oxygen atoms in total. The van der Waals surface area contributed by atoms with Crippen LogP contribution in [0.1, 0.15) is 10.4 Å². The van der Waals surface area contributed by atoms with Crippen LogP contribution in [0.4, 0.5) is 0 Å². The van der Waals surface area contributed by atoms with E-state index >= 15 is 0 Å². The first kappa shape index (κ1) is 11.7. The molecule has 80 valence electrons. The average molecular weight is 229 g/mol. The second-order valence-corrected chi connectivity index (χ2v) is 3.26. The van der Waals surface area contributed by atoms with Gasteiger partial charge in [-0.1, -0.05) is 30.3 Å². The lowest BCUT2D eigenvalue weighted by atomic mass is 9.95. The molecular formula is C10H9ClO4. The van der Waals surface area contributed by atoms with E-state index in [1.54, 1.807) is 18.2 Å². The first-order chi connectivity index (χ1) is 7.02. The number of hydrogen-bond acceptors (Lipinski definition) is 3. The zero-order chi connectivity index (χ0) is 11.5. The number of alkyl halides is 1. The second-order valence-electron chi connectivity index (χ2n) is 2.99. The monoisotopic (exact) mass is 228 g/mol. The van der Waals surface area contributed by atoms with E-state index in [9.17, 15) is 14.7 Å². The van der Waals surface area contributed by atoms with Crippen LogP contribution in [0.3, 0.4) is 0 Å². The molecule has 1 rings (SSSR count). The van der Waals surface area contributed by atoms with Crippen LogP contribution in [0, 0.1) is 0 Å². The van der Waals surface area contributed by atoms with Crippen LogP contribution in [0.5, 0.6) is 0 Å². The lowest BCUT2D eigenvalue weighted by Gasteiger charge is -2.18. The SMILES string of the molecule is O=C(O)C(O)(CCl)C(=O)c1ccccc1. The van der Waals surface area contributed by atoms with Gasteiger partial charge in [0.15, 0.2) is 0 Å². The van der Waals surface area contributed by atoms with E-state index in [-0.39, 0.29) is 5.56 Å². The smallest absolute Gasteiger partial charge is 0.345 e. The molecule has 0 heterocycles. The van der Waals surface area contributed by atoms with E-state index in [1.165, 1.54) is 12.1 Å². The maximum Gasteiger partial charge on any atom is 0.345 e. The van der Waals surface area contributed by atoms with Crippen LogP contribution in [-0.2, 0) is 4.79 Å². The molecule has 0 fully saturated rings. The van der Waals surface area contributed by atoms with Crippen LogP contribution in [0.15, 0.2) is 30.3 Å². The predicted octanol–water partition coefficient (Wildman–Crippen LogP) is 0.924. The van der Waals surface area contributed by atoms with Crippen molar-refractivity contribution in [3.8, 4) is 0 Å². The van der Waals surface area contributed by atoms with Crippen LogP contribution in [-0.4, -0.2) is 33.4 Å². The Morgan fingerprint density at radius 2 is 1.80 bits per heavy atom. The maximum atomic E-state index is 11.6. The van der Waals surface area contributed by atoms with Crippen LogP contribution < -0.4 is 0 Å². The normalized spacial score (nSPS) is 14.3. The van der Waals surface area contributed by atoms with Crippen molar-refractivity contribution in [2.75, 3.05) is 5.88 Å². The van der Waals surface area contributed by atoms with Gasteiger partial charge in [0.2, 0.25) is 11.4 Å². The Hall–Kier alpha value is -1.39. The van der Waals surface area contributed by atoms with Crippen molar-refractivity contribution in [3.63, 3.8) is 0 Å². The summed E-state index contributed by atoms with van der Waals surface area (Å²) in [5.41, 5.74) is -2.44. The Bertz CT molecular complexity index is 376. The van der Waals surface area contributed by atoms with Crippen molar-refractivity contribution in [1.82, 2.24) is 0 Å². The average Bonchev–Trinajstić information content (AvgIpc) is 2.28. The number of aliphatic hydroxyl groups is 1. The zero-order valence-electron chi connectivity index (χ0n) is 7.68. The standard InChI is InChI=1S/C10H9ClO4/c11-6-10(15,9(13)14)8(12)7-4-2-1-3-5-7/h1-5,15H,6H2,(H,13,14). The summed E-state index contributed by atoms with van der Waals surface area (Å²) in [5, 5.41) is 18.2. The minimum Gasteiger partial charge on any atom is -0.479 e. The Morgan fingerprint density at radius 1 is 1.27 bits per heavy atom. The number of carbonyl (C=O) groups excluding carboxylic acids is 1. The van der Waals surface area contributed by atoms with E-state index in [0.717, 1.165) is 0 Å². The van der Waals surface area contributed by atoms with Gasteiger partial charge < -0.3 is 10.2 Å². The quantitative estimate of drug-likeness (QED) is 0.457. The highest BCUT2D eigenvalue weighted by Crippen LogP contribution is 2.15. The number of carboxylic acids is 1. The van der Waals surface area contributed by atoms with E-state index in [0.29, 0.717) is 0 Å². The van der Waals surface area contributed by atoms with Gasteiger partial charge in [-0.2, -0.15) is 0 Å². The summed E-state index contributed by atoms with van der Waals surface area (Å²) in [7, 11) is 0. The van der Waals surface area contributed by atoms with Gasteiger partial charge in [-0.05, 0) is 0 Å². The van der Waals surface area contributed by atoms with Crippen molar-refractivity contribution >= 4 is 23.4 Å². The molecule has 15 heavy (non-hydrogen) atoms. The summed E-state index contributed by atoms with van der Waals surface area (Å²) in [6, 6.07) is 7.66. The van der Waals surface area contributed by atoms with Gasteiger partial charge in [0.1, 0.15) is 0 Å². The fourth-order valence-electron chi connectivity index (χ4n) is 1.04. The first-order valence-electron chi connectivity index (χ1n) is 4.14. The third-order valence-electron chi connectivity index (χ3n) is 1.96. The number of carbonyl (C=O) groups is 2. The molecule has 0 radical (unpaired) electrons. The number of ketones is 1. The molecule has 5 heteroatoms. The number of halogens is 1. The molecule has 0 amide bonds. The highest BCUT2D eigenvalue weighted by atomic mass is 35.5. The van der Waals surface area contributed by atoms with Crippen molar-refractivity contribution in [1.29, 1.82) is 0 Å². The summed E-state index contributed by atoms with van der Waals surface area (Å²) >= 11 is 5.30. The highest BCUT2D eigenvalue weighted by molar-refractivity contribution is 6.26. The maximum absolute atomic E-state index is 11.6. The topological polar surface area (TPSA) is 74.6 Å². The molecule has 0 aliphatic rings. The predicted molar refractivity (Wildman–Crippen MR) is 54.1 cm³/mol. The molecule has 1 aromatic carbocycles. The summed E-state index contributed by atoms with van der Waals surface area (Å²) in [6.45, 7) is 0. The second kappa shape index (κ2) is 4.42. The van der Waals surface area contributed by atoms with Crippen LogP contribution in [0.2, 0.25) is 0 Å². The lowest BCUT2D eigenvalue weighted by molar-refractivity contribution is -0.151.